The molecule has 0 saturated carbocycles. The molecule has 2 aromatic heterocycles. The normalized spacial score (nSPS) is 11.0. The van der Waals surface area contributed by atoms with Gasteiger partial charge >= 0.3 is 0 Å². The SMILES string of the molecule is Cc1cccc(Cn2cnc3c(cnn3CCNC(=O)c3ccccc3F)c2=O)c1. The highest BCUT2D eigenvalue weighted by Gasteiger charge is 2.12. The van der Waals surface area contributed by atoms with Gasteiger partial charge in [0.05, 0.1) is 24.8 Å². The highest BCUT2D eigenvalue weighted by Crippen LogP contribution is 2.09. The number of halogens is 1. The summed E-state index contributed by atoms with van der Waals surface area (Å²) >= 11 is 0. The van der Waals surface area contributed by atoms with Crippen LogP contribution in [0.4, 0.5) is 4.39 Å². The van der Waals surface area contributed by atoms with Crippen molar-refractivity contribution < 1.29 is 9.18 Å². The molecule has 4 rings (SSSR count). The molecule has 0 fully saturated rings. The van der Waals surface area contributed by atoms with Crippen molar-refractivity contribution >= 4 is 16.9 Å². The van der Waals surface area contributed by atoms with Gasteiger partial charge in [0.1, 0.15) is 17.5 Å². The number of carbonyl (C=O) groups is 1. The lowest BCUT2D eigenvalue weighted by Gasteiger charge is -2.08. The summed E-state index contributed by atoms with van der Waals surface area (Å²) in [6.45, 7) is 2.95. The Morgan fingerprint density at radius 1 is 1.17 bits per heavy atom. The third-order valence-corrected chi connectivity index (χ3v) is 4.79. The number of hydrogen-bond acceptors (Lipinski definition) is 4. The van der Waals surface area contributed by atoms with Crippen molar-refractivity contribution in [2.45, 2.75) is 20.0 Å². The molecule has 152 valence electrons. The quantitative estimate of drug-likeness (QED) is 0.534. The molecule has 30 heavy (non-hydrogen) atoms. The van der Waals surface area contributed by atoms with Gasteiger partial charge in [-0.25, -0.2) is 14.1 Å². The van der Waals surface area contributed by atoms with Crippen molar-refractivity contribution in [2.75, 3.05) is 6.54 Å². The van der Waals surface area contributed by atoms with E-state index in [1.807, 2.05) is 31.2 Å². The minimum atomic E-state index is -0.574. The van der Waals surface area contributed by atoms with Crippen LogP contribution in [0, 0.1) is 12.7 Å². The number of aryl methyl sites for hydroxylation is 1. The zero-order valence-electron chi connectivity index (χ0n) is 16.4. The highest BCUT2D eigenvalue weighted by molar-refractivity contribution is 5.94. The molecule has 1 amide bonds. The van der Waals surface area contributed by atoms with E-state index in [1.54, 1.807) is 15.3 Å². The van der Waals surface area contributed by atoms with Gasteiger partial charge in [-0.15, -0.1) is 0 Å². The smallest absolute Gasteiger partial charge is 0.264 e. The van der Waals surface area contributed by atoms with E-state index in [1.165, 1.54) is 30.7 Å². The van der Waals surface area contributed by atoms with Crippen molar-refractivity contribution in [1.82, 2.24) is 24.6 Å². The number of rotatable bonds is 6. The molecule has 0 aliphatic rings. The standard InChI is InChI=1S/C22H20FN5O2/c1-15-5-4-6-16(11-15)13-27-14-25-20-18(22(27)30)12-26-28(20)10-9-24-21(29)17-7-2-3-8-19(17)23/h2-8,11-12,14H,9-10,13H2,1H3,(H,24,29). The van der Waals surface area contributed by atoms with Crippen LogP contribution in [0.3, 0.4) is 0 Å². The molecule has 4 aromatic rings. The molecule has 2 heterocycles. The molecule has 0 atom stereocenters. The van der Waals surface area contributed by atoms with Crippen molar-refractivity contribution in [3.63, 3.8) is 0 Å². The van der Waals surface area contributed by atoms with Gasteiger partial charge in [-0.05, 0) is 24.6 Å². The molecule has 0 saturated heterocycles. The molecule has 7 nitrogen and oxygen atoms in total. The van der Waals surface area contributed by atoms with Gasteiger partial charge in [0.15, 0.2) is 5.65 Å². The lowest BCUT2D eigenvalue weighted by Crippen LogP contribution is -2.28. The Labute approximate surface area is 171 Å². The average Bonchev–Trinajstić information content (AvgIpc) is 3.14. The Kier molecular flexibility index (Phi) is 5.38. The second-order valence-corrected chi connectivity index (χ2v) is 7.01. The van der Waals surface area contributed by atoms with E-state index in [2.05, 4.69) is 15.4 Å². The van der Waals surface area contributed by atoms with Crippen LogP contribution in [-0.4, -0.2) is 31.8 Å². The Balaban J connectivity index is 1.47. The second-order valence-electron chi connectivity index (χ2n) is 7.01. The number of hydrogen-bond donors (Lipinski definition) is 1. The van der Waals surface area contributed by atoms with Gasteiger partial charge in [-0.3, -0.25) is 14.2 Å². The summed E-state index contributed by atoms with van der Waals surface area (Å²) in [5.74, 6) is -1.08. The lowest BCUT2D eigenvalue weighted by atomic mass is 10.1. The van der Waals surface area contributed by atoms with Gasteiger partial charge in [0.2, 0.25) is 0 Å². The largest absolute Gasteiger partial charge is 0.350 e. The van der Waals surface area contributed by atoms with Gasteiger partial charge in [0, 0.05) is 6.54 Å². The Hall–Kier alpha value is -3.81. The van der Waals surface area contributed by atoms with Crippen LogP contribution in [0.1, 0.15) is 21.5 Å². The van der Waals surface area contributed by atoms with Crippen molar-refractivity contribution in [3.8, 4) is 0 Å². The average molecular weight is 405 g/mol. The first kappa shape index (κ1) is 19.5. The van der Waals surface area contributed by atoms with Gasteiger partial charge in [-0.1, -0.05) is 42.0 Å². The minimum Gasteiger partial charge on any atom is -0.350 e. The zero-order valence-corrected chi connectivity index (χ0v) is 16.4. The van der Waals surface area contributed by atoms with Crippen molar-refractivity contribution in [3.05, 3.63) is 93.9 Å². The summed E-state index contributed by atoms with van der Waals surface area (Å²) in [5.41, 5.74) is 2.39. The number of carbonyl (C=O) groups excluding carboxylic acids is 1. The van der Waals surface area contributed by atoms with E-state index in [-0.39, 0.29) is 17.7 Å². The molecule has 0 aliphatic carbocycles. The fourth-order valence-corrected chi connectivity index (χ4v) is 3.30. The Bertz CT molecular complexity index is 1280. The second kappa shape index (κ2) is 8.28. The summed E-state index contributed by atoms with van der Waals surface area (Å²) in [5, 5.41) is 7.28. The maximum atomic E-state index is 13.7. The van der Waals surface area contributed by atoms with E-state index in [4.69, 9.17) is 0 Å². The number of fused-ring (bicyclic) bond motifs is 1. The molecule has 0 aliphatic heterocycles. The number of amides is 1. The van der Waals surface area contributed by atoms with Crippen LogP contribution in [-0.2, 0) is 13.1 Å². The van der Waals surface area contributed by atoms with Gasteiger partial charge in [-0.2, -0.15) is 5.10 Å². The van der Waals surface area contributed by atoms with Gasteiger partial charge < -0.3 is 5.32 Å². The van der Waals surface area contributed by atoms with E-state index in [9.17, 15) is 14.0 Å². The summed E-state index contributed by atoms with van der Waals surface area (Å²) < 4.78 is 16.8. The molecule has 8 heteroatoms. The van der Waals surface area contributed by atoms with Gasteiger partial charge in [0.25, 0.3) is 11.5 Å². The van der Waals surface area contributed by atoms with Crippen LogP contribution < -0.4 is 10.9 Å². The third kappa shape index (κ3) is 3.98. The van der Waals surface area contributed by atoms with E-state index >= 15 is 0 Å². The first-order chi connectivity index (χ1) is 14.5. The number of aromatic nitrogens is 4. The topological polar surface area (TPSA) is 81.8 Å². The zero-order chi connectivity index (χ0) is 21.1. The third-order valence-electron chi connectivity index (χ3n) is 4.79. The van der Waals surface area contributed by atoms with Crippen LogP contribution in [0.25, 0.3) is 11.0 Å². The number of benzene rings is 2. The minimum absolute atomic E-state index is 0.0139. The van der Waals surface area contributed by atoms with E-state index in [0.29, 0.717) is 24.1 Å². The van der Waals surface area contributed by atoms with Crippen molar-refractivity contribution in [2.24, 2.45) is 0 Å². The first-order valence-electron chi connectivity index (χ1n) is 9.52. The fourth-order valence-electron chi connectivity index (χ4n) is 3.30. The predicted octanol–water partition coefficient (Wildman–Crippen LogP) is 2.52. The van der Waals surface area contributed by atoms with Crippen LogP contribution >= 0.6 is 0 Å². The number of nitrogens with zero attached hydrogens (tertiary/aromatic N) is 4. The predicted molar refractivity (Wildman–Crippen MR) is 111 cm³/mol. The van der Waals surface area contributed by atoms with Crippen LogP contribution in [0.5, 0.6) is 0 Å². The molecule has 2 aromatic carbocycles. The molecule has 0 spiro atoms. The molecule has 0 unspecified atom stereocenters. The number of nitrogens with one attached hydrogen (secondary N) is 1. The summed E-state index contributed by atoms with van der Waals surface area (Å²) in [4.78, 5) is 29.3. The monoisotopic (exact) mass is 405 g/mol. The fraction of sp³-hybridized carbons (Fsp3) is 0.182. The maximum Gasteiger partial charge on any atom is 0.264 e. The Morgan fingerprint density at radius 3 is 2.80 bits per heavy atom. The molecular formula is C22H20FN5O2. The molecule has 0 bridgehead atoms. The summed E-state index contributed by atoms with van der Waals surface area (Å²) in [6, 6.07) is 13.7. The maximum absolute atomic E-state index is 13.7. The van der Waals surface area contributed by atoms with Crippen molar-refractivity contribution in [1.29, 1.82) is 0 Å². The first-order valence-corrected chi connectivity index (χ1v) is 9.52. The van der Waals surface area contributed by atoms with E-state index < -0.39 is 11.7 Å². The lowest BCUT2D eigenvalue weighted by molar-refractivity contribution is 0.0948. The van der Waals surface area contributed by atoms with Crippen LogP contribution in [0.15, 0.2) is 65.8 Å². The molecule has 1 N–H and O–H groups in total. The van der Waals surface area contributed by atoms with Crippen LogP contribution in [0.2, 0.25) is 0 Å². The molecule has 0 radical (unpaired) electrons. The summed E-state index contributed by atoms with van der Waals surface area (Å²) in [7, 11) is 0. The van der Waals surface area contributed by atoms with E-state index in [0.717, 1.165) is 11.1 Å². The Morgan fingerprint density at radius 2 is 2.00 bits per heavy atom. The summed E-state index contributed by atoms with van der Waals surface area (Å²) in [6.07, 6.45) is 2.99. The molecular weight excluding hydrogens is 385 g/mol. The highest BCUT2D eigenvalue weighted by atomic mass is 19.1.